The zero-order valence-electron chi connectivity index (χ0n) is 16.8. The molecule has 4 rings (SSSR count). The van der Waals surface area contributed by atoms with Gasteiger partial charge in [0.05, 0.1) is 12.2 Å². The summed E-state index contributed by atoms with van der Waals surface area (Å²) in [5, 5.41) is 3.71. The minimum absolute atomic E-state index is 0.0596. The van der Waals surface area contributed by atoms with Crippen LogP contribution < -0.4 is 10.2 Å². The van der Waals surface area contributed by atoms with E-state index in [1.54, 1.807) is 0 Å². The number of hydrogen-bond acceptors (Lipinski definition) is 4. The third-order valence-electron chi connectivity index (χ3n) is 5.51. The largest absolute Gasteiger partial charge is 0.376 e. The van der Waals surface area contributed by atoms with E-state index in [0.717, 1.165) is 55.2 Å². The monoisotopic (exact) mass is 409 g/mol. The van der Waals surface area contributed by atoms with Crippen LogP contribution in [0.1, 0.15) is 36.5 Å². The summed E-state index contributed by atoms with van der Waals surface area (Å²) in [4.78, 5) is 30.3. The van der Waals surface area contributed by atoms with E-state index < -0.39 is 0 Å². The number of amides is 2. The number of thioether (sulfide) groups is 1. The number of anilines is 2. The first-order chi connectivity index (χ1) is 14.1. The van der Waals surface area contributed by atoms with Gasteiger partial charge < -0.3 is 15.1 Å². The molecule has 1 atom stereocenters. The molecule has 0 spiro atoms. The Balaban J connectivity index is 1.39. The van der Waals surface area contributed by atoms with Crippen LogP contribution in [0.4, 0.5) is 11.4 Å². The van der Waals surface area contributed by atoms with Gasteiger partial charge in [-0.25, -0.2) is 0 Å². The third kappa shape index (κ3) is 4.58. The van der Waals surface area contributed by atoms with E-state index in [4.69, 9.17) is 0 Å². The second-order valence-electron chi connectivity index (χ2n) is 7.66. The number of nitrogens with one attached hydrogen (secondary N) is 1. The summed E-state index contributed by atoms with van der Waals surface area (Å²) < 4.78 is 0. The van der Waals surface area contributed by atoms with E-state index in [1.807, 2.05) is 64.0 Å². The molecule has 2 heterocycles. The molecule has 1 saturated heterocycles. The number of hydrogen-bond donors (Lipinski definition) is 1. The standard InChI is InChI=1S/C23H27N3O2S/c1-17-12-15-26(20-6-2-3-7-21(20)29-17)22(27)16-24-19-10-8-18(9-11-19)23(28)25-13-4-5-14-25/h2-3,6-11,17,24H,4-5,12-16H2,1H3. The number of para-hydroxylation sites is 1. The van der Waals surface area contributed by atoms with Crippen molar-refractivity contribution in [2.75, 3.05) is 36.4 Å². The lowest BCUT2D eigenvalue weighted by Crippen LogP contribution is -2.36. The highest BCUT2D eigenvalue weighted by molar-refractivity contribution is 8.00. The molecule has 1 fully saturated rings. The molecule has 2 aliphatic rings. The fourth-order valence-corrected chi connectivity index (χ4v) is 4.97. The SMILES string of the molecule is CC1CCN(C(=O)CNc2ccc(C(=O)N3CCCC3)cc2)c2ccccc2S1. The van der Waals surface area contributed by atoms with E-state index >= 15 is 0 Å². The molecule has 0 aromatic heterocycles. The number of rotatable bonds is 4. The minimum atomic E-state index is 0.0596. The summed E-state index contributed by atoms with van der Waals surface area (Å²) in [5.74, 6) is 0.155. The number of likely N-dealkylation sites (tertiary alicyclic amines) is 1. The van der Waals surface area contributed by atoms with Crippen molar-refractivity contribution in [3.63, 3.8) is 0 Å². The number of benzene rings is 2. The molecule has 2 aromatic carbocycles. The second kappa shape index (κ2) is 8.91. The molecule has 152 valence electrons. The fraction of sp³-hybridized carbons (Fsp3) is 0.391. The topological polar surface area (TPSA) is 52.7 Å². The molecule has 5 nitrogen and oxygen atoms in total. The minimum Gasteiger partial charge on any atom is -0.376 e. The molecule has 1 N–H and O–H groups in total. The summed E-state index contributed by atoms with van der Waals surface area (Å²) in [5.41, 5.74) is 2.55. The Morgan fingerprint density at radius 3 is 2.52 bits per heavy atom. The maximum atomic E-state index is 12.9. The van der Waals surface area contributed by atoms with E-state index in [9.17, 15) is 9.59 Å². The summed E-state index contributed by atoms with van der Waals surface area (Å²) in [6, 6.07) is 15.6. The summed E-state index contributed by atoms with van der Waals surface area (Å²) in [6.45, 7) is 4.86. The fourth-order valence-electron chi connectivity index (χ4n) is 3.85. The Morgan fingerprint density at radius 1 is 1.03 bits per heavy atom. The molecule has 0 bridgehead atoms. The van der Waals surface area contributed by atoms with Crippen molar-refractivity contribution in [1.82, 2.24) is 4.90 Å². The van der Waals surface area contributed by atoms with Gasteiger partial charge in [-0.1, -0.05) is 19.1 Å². The van der Waals surface area contributed by atoms with Gasteiger partial charge in [0.2, 0.25) is 5.91 Å². The first-order valence-corrected chi connectivity index (χ1v) is 11.2. The highest BCUT2D eigenvalue weighted by Gasteiger charge is 2.24. The second-order valence-corrected chi connectivity index (χ2v) is 9.14. The van der Waals surface area contributed by atoms with Gasteiger partial charge >= 0.3 is 0 Å². The molecule has 0 saturated carbocycles. The molecular weight excluding hydrogens is 382 g/mol. The molecule has 6 heteroatoms. The Labute approximate surface area is 176 Å². The molecule has 2 aliphatic heterocycles. The maximum Gasteiger partial charge on any atom is 0.253 e. The maximum absolute atomic E-state index is 12.9. The van der Waals surface area contributed by atoms with Crippen LogP contribution in [0.25, 0.3) is 0 Å². The van der Waals surface area contributed by atoms with E-state index in [0.29, 0.717) is 10.8 Å². The zero-order chi connectivity index (χ0) is 20.2. The Morgan fingerprint density at radius 2 is 1.76 bits per heavy atom. The number of carbonyl (C=O) groups is 2. The highest BCUT2D eigenvalue weighted by atomic mass is 32.2. The van der Waals surface area contributed by atoms with Gasteiger partial charge in [-0.3, -0.25) is 9.59 Å². The molecule has 1 unspecified atom stereocenters. The molecular formula is C23H27N3O2S. The zero-order valence-corrected chi connectivity index (χ0v) is 17.6. The molecule has 0 aliphatic carbocycles. The number of carbonyl (C=O) groups excluding carboxylic acids is 2. The number of nitrogens with zero attached hydrogens (tertiary/aromatic N) is 2. The summed E-state index contributed by atoms with van der Waals surface area (Å²) in [6.07, 6.45) is 3.15. The van der Waals surface area contributed by atoms with Crippen LogP contribution in [-0.2, 0) is 4.79 Å². The third-order valence-corrected chi connectivity index (χ3v) is 6.75. The predicted octanol–water partition coefficient (Wildman–Crippen LogP) is 4.25. The van der Waals surface area contributed by atoms with Gasteiger partial charge in [0.1, 0.15) is 0 Å². The molecule has 0 radical (unpaired) electrons. The first-order valence-electron chi connectivity index (χ1n) is 10.3. The van der Waals surface area contributed by atoms with Crippen molar-refractivity contribution in [3.05, 3.63) is 54.1 Å². The lowest BCUT2D eigenvalue weighted by molar-refractivity contribution is -0.117. The Bertz CT molecular complexity index is 878. The van der Waals surface area contributed by atoms with Crippen LogP contribution in [0.5, 0.6) is 0 Å². The summed E-state index contributed by atoms with van der Waals surface area (Å²) >= 11 is 1.83. The van der Waals surface area contributed by atoms with Gasteiger partial charge in [-0.15, -0.1) is 11.8 Å². The highest BCUT2D eigenvalue weighted by Crippen LogP contribution is 2.37. The van der Waals surface area contributed by atoms with Crippen molar-refractivity contribution in [2.45, 2.75) is 36.3 Å². The van der Waals surface area contributed by atoms with Gasteiger partial charge in [0.15, 0.2) is 0 Å². The van der Waals surface area contributed by atoms with E-state index in [2.05, 4.69) is 18.3 Å². The summed E-state index contributed by atoms with van der Waals surface area (Å²) in [7, 11) is 0. The smallest absolute Gasteiger partial charge is 0.253 e. The van der Waals surface area contributed by atoms with Crippen LogP contribution in [0, 0.1) is 0 Å². The molecule has 2 amide bonds. The van der Waals surface area contributed by atoms with Crippen LogP contribution in [0.15, 0.2) is 53.4 Å². The number of fused-ring (bicyclic) bond motifs is 1. The molecule has 2 aromatic rings. The van der Waals surface area contributed by atoms with Crippen LogP contribution in [0.2, 0.25) is 0 Å². The van der Waals surface area contributed by atoms with E-state index in [1.165, 1.54) is 0 Å². The van der Waals surface area contributed by atoms with Crippen LogP contribution in [0.3, 0.4) is 0 Å². The van der Waals surface area contributed by atoms with Gasteiger partial charge in [0, 0.05) is 41.0 Å². The van der Waals surface area contributed by atoms with Crippen LogP contribution in [-0.4, -0.2) is 48.1 Å². The van der Waals surface area contributed by atoms with Gasteiger partial charge in [-0.05, 0) is 55.7 Å². The van der Waals surface area contributed by atoms with Crippen molar-refractivity contribution in [2.24, 2.45) is 0 Å². The Kier molecular flexibility index (Phi) is 6.09. The van der Waals surface area contributed by atoms with Gasteiger partial charge in [-0.2, -0.15) is 0 Å². The first kappa shape index (κ1) is 19.8. The van der Waals surface area contributed by atoms with Gasteiger partial charge in [0.25, 0.3) is 5.91 Å². The Hall–Kier alpha value is -2.47. The van der Waals surface area contributed by atoms with Crippen molar-refractivity contribution < 1.29 is 9.59 Å². The lowest BCUT2D eigenvalue weighted by Gasteiger charge is -2.23. The molecule has 29 heavy (non-hydrogen) atoms. The predicted molar refractivity (Wildman–Crippen MR) is 119 cm³/mol. The quantitative estimate of drug-likeness (QED) is 0.820. The van der Waals surface area contributed by atoms with Crippen molar-refractivity contribution in [3.8, 4) is 0 Å². The lowest BCUT2D eigenvalue weighted by atomic mass is 10.2. The average molecular weight is 410 g/mol. The van der Waals surface area contributed by atoms with E-state index in [-0.39, 0.29) is 18.4 Å². The normalized spacial score (nSPS) is 18.9. The average Bonchev–Trinajstić information content (AvgIpc) is 3.22. The van der Waals surface area contributed by atoms with Crippen molar-refractivity contribution in [1.29, 1.82) is 0 Å². The van der Waals surface area contributed by atoms with Crippen molar-refractivity contribution >= 4 is 35.0 Å². The van der Waals surface area contributed by atoms with Crippen LogP contribution >= 0.6 is 11.8 Å².